The minimum absolute atomic E-state index is 0.173. The summed E-state index contributed by atoms with van der Waals surface area (Å²) in [6.45, 7) is 4.04. The molecule has 2 rings (SSSR count). The number of hydrogen-bond donors (Lipinski definition) is 1. The molecule has 1 aromatic heterocycles. The zero-order chi connectivity index (χ0) is 13.8. The molecule has 102 valence electrons. The van der Waals surface area contributed by atoms with Gasteiger partial charge >= 0.3 is 0 Å². The van der Waals surface area contributed by atoms with E-state index < -0.39 is 0 Å². The van der Waals surface area contributed by atoms with E-state index in [0.717, 1.165) is 39.0 Å². The van der Waals surface area contributed by atoms with E-state index in [2.05, 4.69) is 19.1 Å². The van der Waals surface area contributed by atoms with Gasteiger partial charge in [-0.15, -0.1) is 0 Å². The third-order valence-electron chi connectivity index (χ3n) is 3.07. The fraction of sp³-hybridized carbons (Fsp3) is 0.333. The van der Waals surface area contributed by atoms with Gasteiger partial charge in [0.15, 0.2) is 0 Å². The van der Waals surface area contributed by atoms with Crippen LogP contribution in [-0.4, -0.2) is 6.04 Å². The molecule has 0 fully saturated rings. The average molecular weight is 296 g/mol. The zero-order valence-corrected chi connectivity index (χ0v) is 12.7. The highest BCUT2D eigenvalue weighted by Crippen LogP contribution is 2.33. The Hall–Kier alpha value is -0.900. The molecule has 0 saturated carbocycles. The van der Waals surface area contributed by atoms with Crippen LogP contribution in [-0.2, 0) is 6.42 Å². The summed E-state index contributed by atoms with van der Waals surface area (Å²) >= 11 is 7.98. The Morgan fingerprint density at radius 2 is 2.16 bits per heavy atom. The lowest BCUT2D eigenvalue weighted by atomic mass is 10.1. The highest BCUT2D eigenvalue weighted by molar-refractivity contribution is 7.99. The average Bonchev–Trinajstić information content (AvgIpc) is 2.78. The number of benzene rings is 1. The molecular weight excluding hydrogens is 278 g/mol. The van der Waals surface area contributed by atoms with E-state index in [1.165, 1.54) is 0 Å². The third-order valence-corrected chi connectivity index (χ3v) is 4.55. The van der Waals surface area contributed by atoms with Crippen molar-refractivity contribution in [2.24, 2.45) is 5.73 Å². The lowest BCUT2D eigenvalue weighted by Crippen LogP contribution is -2.21. The minimum atomic E-state index is 0.173. The van der Waals surface area contributed by atoms with E-state index in [1.54, 1.807) is 18.0 Å². The van der Waals surface area contributed by atoms with Gasteiger partial charge < -0.3 is 10.2 Å². The van der Waals surface area contributed by atoms with Crippen molar-refractivity contribution in [2.45, 2.75) is 42.5 Å². The fourth-order valence-corrected chi connectivity index (χ4v) is 2.99. The van der Waals surface area contributed by atoms with Gasteiger partial charge in [0.25, 0.3) is 0 Å². The smallest absolute Gasteiger partial charge is 0.114 e. The second-order valence-corrected chi connectivity index (χ2v) is 6.09. The topological polar surface area (TPSA) is 39.2 Å². The van der Waals surface area contributed by atoms with E-state index in [4.69, 9.17) is 21.8 Å². The maximum Gasteiger partial charge on any atom is 0.114 e. The molecule has 1 unspecified atom stereocenters. The molecule has 0 aliphatic rings. The maximum atomic E-state index is 6.32. The Kier molecular flexibility index (Phi) is 4.97. The SMILES string of the molecule is CCC(N)Cc1ccc(Sc2ccoc2C)cc1Cl. The molecule has 0 aliphatic heterocycles. The van der Waals surface area contributed by atoms with E-state index >= 15 is 0 Å². The molecule has 2 N–H and O–H groups in total. The van der Waals surface area contributed by atoms with E-state index in [1.807, 2.05) is 19.1 Å². The quantitative estimate of drug-likeness (QED) is 0.871. The molecule has 0 aliphatic carbocycles. The van der Waals surface area contributed by atoms with Crippen LogP contribution in [0.15, 0.2) is 44.7 Å². The number of halogens is 1. The lowest BCUT2D eigenvalue weighted by molar-refractivity contribution is 0.527. The Bertz CT molecular complexity index is 553. The van der Waals surface area contributed by atoms with Gasteiger partial charge in [-0.3, -0.25) is 0 Å². The second kappa shape index (κ2) is 6.51. The molecule has 0 bridgehead atoms. The number of hydrogen-bond acceptors (Lipinski definition) is 3. The third kappa shape index (κ3) is 3.78. The van der Waals surface area contributed by atoms with Gasteiger partial charge in [0.2, 0.25) is 0 Å². The van der Waals surface area contributed by atoms with Crippen molar-refractivity contribution in [2.75, 3.05) is 0 Å². The monoisotopic (exact) mass is 295 g/mol. The summed E-state index contributed by atoms with van der Waals surface area (Å²) in [6, 6.07) is 8.29. The summed E-state index contributed by atoms with van der Waals surface area (Å²) in [7, 11) is 0. The first kappa shape index (κ1) is 14.5. The first-order valence-corrected chi connectivity index (χ1v) is 7.55. The van der Waals surface area contributed by atoms with Crippen molar-refractivity contribution in [3.05, 3.63) is 46.9 Å². The van der Waals surface area contributed by atoms with Gasteiger partial charge in [-0.2, -0.15) is 0 Å². The van der Waals surface area contributed by atoms with Crippen LogP contribution in [0.4, 0.5) is 0 Å². The molecule has 4 heteroatoms. The van der Waals surface area contributed by atoms with Gasteiger partial charge in [-0.1, -0.05) is 36.4 Å². The summed E-state index contributed by atoms with van der Waals surface area (Å²) < 4.78 is 5.29. The number of aryl methyl sites for hydroxylation is 1. The van der Waals surface area contributed by atoms with Crippen LogP contribution in [0.5, 0.6) is 0 Å². The Labute approximate surface area is 123 Å². The van der Waals surface area contributed by atoms with Crippen LogP contribution < -0.4 is 5.73 Å². The van der Waals surface area contributed by atoms with Gasteiger partial charge in [0, 0.05) is 16.0 Å². The first-order chi connectivity index (χ1) is 9.10. The van der Waals surface area contributed by atoms with E-state index in [-0.39, 0.29) is 6.04 Å². The molecule has 0 radical (unpaired) electrons. The highest BCUT2D eigenvalue weighted by atomic mass is 35.5. The van der Waals surface area contributed by atoms with Crippen LogP contribution in [0.25, 0.3) is 0 Å². The molecule has 2 aromatic rings. The van der Waals surface area contributed by atoms with Gasteiger partial charge in [-0.25, -0.2) is 0 Å². The van der Waals surface area contributed by atoms with Gasteiger partial charge in [0.1, 0.15) is 5.76 Å². The Morgan fingerprint density at radius 1 is 1.37 bits per heavy atom. The fourth-order valence-electron chi connectivity index (χ4n) is 1.79. The van der Waals surface area contributed by atoms with E-state index in [0.29, 0.717) is 0 Å². The summed E-state index contributed by atoms with van der Waals surface area (Å²) in [4.78, 5) is 2.23. The van der Waals surface area contributed by atoms with Crippen molar-refractivity contribution >= 4 is 23.4 Å². The zero-order valence-electron chi connectivity index (χ0n) is 11.2. The predicted octanol–water partition coefficient (Wildman–Crippen LogP) is 4.67. The second-order valence-electron chi connectivity index (χ2n) is 4.57. The van der Waals surface area contributed by atoms with Crippen molar-refractivity contribution in [1.82, 2.24) is 0 Å². The maximum absolute atomic E-state index is 6.32. The van der Waals surface area contributed by atoms with Crippen LogP contribution in [0.1, 0.15) is 24.7 Å². The molecule has 1 heterocycles. The molecule has 1 aromatic carbocycles. The Morgan fingerprint density at radius 3 is 2.74 bits per heavy atom. The largest absolute Gasteiger partial charge is 0.468 e. The number of rotatable bonds is 5. The van der Waals surface area contributed by atoms with Crippen LogP contribution >= 0.6 is 23.4 Å². The van der Waals surface area contributed by atoms with Crippen LogP contribution in [0.3, 0.4) is 0 Å². The summed E-state index contributed by atoms with van der Waals surface area (Å²) in [5.74, 6) is 0.929. The standard InChI is InChI=1S/C15H18ClNOS/c1-3-12(17)8-11-4-5-13(9-14(11)16)19-15-6-7-18-10(15)2/h4-7,9,12H,3,8,17H2,1-2H3. The minimum Gasteiger partial charge on any atom is -0.468 e. The van der Waals surface area contributed by atoms with Crippen molar-refractivity contribution in [3.8, 4) is 0 Å². The molecule has 2 nitrogen and oxygen atoms in total. The summed E-state index contributed by atoms with van der Waals surface area (Å²) in [5, 5.41) is 0.787. The number of nitrogens with two attached hydrogens (primary N) is 1. The van der Waals surface area contributed by atoms with Gasteiger partial charge in [0.05, 0.1) is 11.2 Å². The molecule has 0 saturated heterocycles. The summed E-state index contributed by atoms with van der Waals surface area (Å²) in [5.41, 5.74) is 7.08. The van der Waals surface area contributed by atoms with Crippen LogP contribution in [0.2, 0.25) is 5.02 Å². The first-order valence-electron chi connectivity index (χ1n) is 6.36. The van der Waals surface area contributed by atoms with Crippen molar-refractivity contribution < 1.29 is 4.42 Å². The molecule has 1 atom stereocenters. The molecule has 19 heavy (non-hydrogen) atoms. The molecule has 0 amide bonds. The highest BCUT2D eigenvalue weighted by Gasteiger charge is 2.09. The Balaban J connectivity index is 2.12. The predicted molar refractivity (Wildman–Crippen MR) is 81.0 cm³/mol. The molecule has 0 spiro atoms. The van der Waals surface area contributed by atoms with Crippen molar-refractivity contribution in [3.63, 3.8) is 0 Å². The van der Waals surface area contributed by atoms with Crippen LogP contribution in [0, 0.1) is 6.92 Å². The van der Waals surface area contributed by atoms with Gasteiger partial charge in [-0.05, 0) is 43.5 Å². The molecular formula is C15H18ClNOS. The number of furan rings is 1. The normalized spacial score (nSPS) is 12.6. The van der Waals surface area contributed by atoms with E-state index in [9.17, 15) is 0 Å². The lowest BCUT2D eigenvalue weighted by Gasteiger charge is -2.11. The summed E-state index contributed by atoms with van der Waals surface area (Å²) in [6.07, 6.45) is 3.49. The van der Waals surface area contributed by atoms with Crippen molar-refractivity contribution in [1.29, 1.82) is 0 Å².